The second kappa shape index (κ2) is 4.38. The van der Waals surface area contributed by atoms with Gasteiger partial charge in [-0.2, -0.15) is 0 Å². The van der Waals surface area contributed by atoms with E-state index in [2.05, 4.69) is 17.2 Å². The SMILES string of the molecule is C=C(C)C(=O)NC(C)NC(N)=O. The fourth-order valence-electron chi connectivity index (χ4n) is 0.569. The van der Waals surface area contributed by atoms with Gasteiger partial charge in [-0.1, -0.05) is 6.58 Å². The van der Waals surface area contributed by atoms with Crippen LogP contribution in [0.1, 0.15) is 13.8 Å². The van der Waals surface area contributed by atoms with E-state index >= 15 is 0 Å². The summed E-state index contributed by atoms with van der Waals surface area (Å²) in [6.07, 6.45) is -0.480. The van der Waals surface area contributed by atoms with E-state index in [9.17, 15) is 9.59 Å². The highest BCUT2D eigenvalue weighted by Gasteiger charge is 2.07. The lowest BCUT2D eigenvalue weighted by molar-refractivity contribution is -0.118. The lowest BCUT2D eigenvalue weighted by Gasteiger charge is -2.13. The minimum atomic E-state index is -0.676. The number of rotatable bonds is 3. The maximum absolute atomic E-state index is 10.9. The summed E-state index contributed by atoms with van der Waals surface area (Å²) < 4.78 is 0. The summed E-state index contributed by atoms with van der Waals surface area (Å²) in [5.41, 5.74) is 5.20. The van der Waals surface area contributed by atoms with Crippen LogP contribution in [0, 0.1) is 0 Å². The minimum Gasteiger partial charge on any atom is -0.352 e. The molecule has 12 heavy (non-hydrogen) atoms. The smallest absolute Gasteiger partial charge is 0.313 e. The highest BCUT2D eigenvalue weighted by atomic mass is 16.2. The van der Waals surface area contributed by atoms with Crippen molar-refractivity contribution in [1.82, 2.24) is 10.6 Å². The average molecular weight is 171 g/mol. The summed E-state index contributed by atoms with van der Waals surface area (Å²) in [4.78, 5) is 21.2. The second-order valence-electron chi connectivity index (χ2n) is 2.48. The van der Waals surface area contributed by atoms with Crippen molar-refractivity contribution in [2.45, 2.75) is 20.0 Å². The second-order valence-corrected chi connectivity index (χ2v) is 2.48. The van der Waals surface area contributed by atoms with Crippen molar-refractivity contribution in [1.29, 1.82) is 0 Å². The lowest BCUT2D eigenvalue weighted by Crippen LogP contribution is -2.47. The van der Waals surface area contributed by atoms with Crippen molar-refractivity contribution in [3.8, 4) is 0 Å². The maximum atomic E-state index is 10.9. The molecule has 0 saturated carbocycles. The Morgan fingerprint density at radius 1 is 1.42 bits per heavy atom. The first-order chi connectivity index (χ1) is 5.43. The normalized spacial score (nSPS) is 11.5. The summed E-state index contributed by atoms with van der Waals surface area (Å²) in [6.45, 7) is 6.61. The molecule has 0 fully saturated rings. The summed E-state index contributed by atoms with van der Waals surface area (Å²) in [7, 11) is 0. The van der Waals surface area contributed by atoms with Gasteiger partial charge < -0.3 is 16.4 Å². The predicted octanol–water partition coefficient (Wildman–Crippen LogP) is -0.307. The van der Waals surface area contributed by atoms with Crippen LogP contribution in [0.3, 0.4) is 0 Å². The van der Waals surface area contributed by atoms with Crippen LogP contribution in [-0.2, 0) is 4.79 Å². The van der Waals surface area contributed by atoms with Gasteiger partial charge in [-0.25, -0.2) is 4.79 Å². The van der Waals surface area contributed by atoms with Crippen LogP contribution in [0.2, 0.25) is 0 Å². The van der Waals surface area contributed by atoms with Crippen molar-refractivity contribution in [3.63, 3.8) is 0 Å². The van der Waals surface area contributed by atoms with Crippen LogP contribution in [-0.4, -0.2) is 18.1 Å². The fourth-order valence-corrected chi connectivity index (χ4v) is 0.569. The summed E-state index contributed by atoms with van der Waals surface area (Å²) in [6, 6.07) is -0.676. The van der Waals surface area contributed by atoms with Gasteiger partial charge in [-0.05, 0) is 13.8 Å². The summed E-state index contributed by atoms with van der Waals surface area (Å²) in [5.74, 6) is -0.309. The topological polar surface area (TPSA) is 84.2 Å². The number of carbonyl (C=O) groups excluding carboxylic acids is 2. The van der Waals surface area contributed by atoms with Gasteiger partial charge >= 0.3 is 6.03 Å². The number of carbonyl (C=O) groups is 2. The molecule has 0 aliphatic heterocycles. The molecule has 0 aliphatic carbocycles. The Bertz CT molecular complexity index is 213. The van der Waals surface area contributed by atoms with Crippen LogP contribution in [0.5, 0.6) is 0 Å². The molecule has 0 aliphatic rings. The number of amides is 3. The number of primary amides is 1. The third-order valence-corrected chi connectivity index (χ3v) is 1.09. The molecular formula is C7H13N3O2. The molecule has 0 bridgehead atoms. The van der Waals surface area contributed by atoms with Crippen molar-refractivity contribution >= 4 is 11.9 Å². The van der Waals surface area contributed by atoms with Crippen LogP contribution < -0.4 is 16.4 Å². The molecule has 0 saturated heterocycles. The zero-order valence-corrected chi connectivity index (χ0v) is 7.18. The molecule has 68 valence electrons. The molecule has 0 aromatic rings. The monoisotopic (exact) mass is 171 g/mol. The zero-order valence-electron chi connectivity index (χ0n) is 7.18. The van der Waals surface area contributed by atoms with E-state index in [1.54, 1.807) is 13.8 Å². The van der Waals surface area contributed by atoms with E-state index in [1.165, 1.54) is 0 Å². The Morgan fingerprint density at radius 3 is 2.25 bits per heavy atom. The van der Waals surface area contributed by atoms with Crippen LogP contribution >= 0.6 is 0 Å². The molecular weight excluding hydrogens is 158 g/mol. The summed E-state index contributed by atoms with van der Waals surface area (Å²) >= 11 is 0. The largest absolute Gasteiger partial charge is 0.352 e. The lowest BCUT2D eigenvalue weighted by atomic mass is 10.3. The van der Waals surface area contributed by atoms with E-state index in [1.807, 2.05) is 0 Å². The zero-order chi connectivity index (χ0) is 9.72. The van der Waals surface area contributed by atoms with Gasteiger partial charge in [0, 0.05) is 5.57 Å². The number of nitrogens with one attached hydrogen (secondary N) is 2. The highest BCUT2D eigenvalue weighted by molar-refractivity contribution is 5.92. The molecule has 0 radical (unpaired) electrons. The molecule has 5 nitrogen and oxygen atoms in total. The van der Waals surface area contributed by atoms with Crippen molar-refractivity contribution in [3.05, 3.63) is 12.2 Å². The molecule has 5 heteroatoms. The molecule has 3 amide bonds. The van der Waals surface area contributed by atoms with Gasteiger partial charge in [-0.15, -0.1) is 0 Å². The Hall–Kier alpha value is -1.52. The van der Waals surface area contributed by atoms with E-state index < -0.39 is 12.2 Å². The standard InChI is InChI=1S/C7H13N3O2/c1-4(2)6(11)9-5(3)10-7(8)12/h5H,1H2,2-3H3,(H,9,11)(H3,8,10,12). The van der Waals surface area contributed by atoms with Crippen LogP contribution in [0.15, 0.2) is 12.2 Å². The molecule has 0 rings (SSSR count). The average Bonchev–Trinajstić information content (AvgIpc) is 1.84. The van der Waals surface area contributed by atoms with E-state index in [0.29, 0.717) is 5.57 Å². The van der Waals surface area contributed by atoms with Crippen molar-refractivity contribution < 1.29 is 9.59 Å². The Balaban J connectivity index is 3.84. The summed E-state index contributed by atoms with van der Waals surface area (Å²) in [5, 5.41) is 4.75. The van der Waals surface area contributed by atoms with Crippen molar-refractivity contribution in [2.75, 3.05) is 0 Å². The van der Waals surface area contributed by atoms with Gasteiger partial charge in [-0.3, -0.25) is 4.79 Å². The molecule has 0 aromatic carbocycles. The Labute approximate surface area is 71.0 Å². The van der Waals surface area contributed by atoms with Gasteiger partial charge in [0.05, 0.1) is 0 Å². The van der Waals surface area contributed by atoms with Gasteiger partial charge in [0.25, 0.3) is 0 Å². The molecule has 0 spiro atoms. The highest BCUT2D eigenvalue weighted by Crippen LogP contribution is 1.86. The number of hydrogen-bond donors (Lipinski definition) is 3. The van der Waals surface area contributed by atoms with E-state index in [4.69, 9.17) is 5.73 Å². The predicted molar refractivity (Wildman–Crippen MR) is 45.1 cm³/mol. The Kier molecular flexibility index (Phi) is 3.82. The van der Waals surface area contributed by atoms with E-state index in [0.717, 1.165) is 0 Å². The number of hydrogen-bond acceptors (Lipinski definition) is 2. The molecule has 0 heterocycles. The first kappa shape index (κ1) is 10.5. The third-order valence-electron chi connectivity index (χ3n) is 1.09. The first-order valence-electron chi connectivity index (χ1n) is 3.46. The van der Waals surface area contributed by atoms with Gasteiger partial charge in [0.15, 0.2) is 0 Å². The van der Waals surface area contributed by atoms with Crippen LogP contribution in [0.25, 0.3) is 0 Å². The quantitative estimate of drug-likeness (QED) is 0.402. The minimum absolute atomic E-state index is 0.309. The Morgan fingerprint density at radius 2 is 1.92 bits per heavy atom. The van der Waals surface area contributed by atoms with E-state index in [-0.39, 0.29) is 5.91 Å². The maximum Gasteiger partial charge on any atom is 0.313 e. The van der Waals surface area contributed by atoms with Crippen LogP contribution in [0.4, 0.5) is 4.79 Å². The number of nitrogens with two attached hydrogens (primary N) is 1. The van der Waals surface area contributed by atoms with Gasteiger partial charge in [0.2, 0.25) is 5.91 Å². The third kappa shape index (κ3) is 4.32. The van der Waals surface area contributed by atoms with Gasteiger partial charge in [0.1, 0.15) is 6.17 Å². The fraction of sp³-hybridized carbons (Fsp3) is 0.429. The molecule has 4 N–H and O–H groups in total. The first-order valence-corrected chi connectivity index (χ1v) is 3.46. The number of urea groups is 1. The van der Waals surface area contributed by atoms with Crippen molar-refractivity contribution in [2.24, 2.45) is 5.73 Å². The molecule has 0 aromatic heterocycles. The molecule has 1 unspecified atom stereocenters. The molecule has 1 atom stereocenters.